The lowest BCUT2D eigenvalue weighted by Crippen LogP contribution is -2.43. The van der Waals surface area contributed by atoms with Gasteiger partial charge in [0.25, 0.3) is 0 Å². The van der Waals surface area contributed by atoms with Gasteiger partial charge in [-0.15, -0.1) is 0 Å². The fourth-order valence-electron chi connectivity index (χ4n) is 5.33. The molecule has 0 saturated carbocycles. The Labute approximate surface area is 166 Å². The Balaban J connectivity index is 1.35. The summed E-state index contributed by atoms with van der Waals surface area (Å²) in [6, 6.07) is 6.71. The van der Waals surface area contributed by atoms with E-state index < -0.39 is 10.0 Å². The number of sulfonamides is 1. The zero-order valence-electron chi connectivity index (χ0n) is 16.2. The van der Waals surface area contributed by atoms with E-state index in [2.05, 4.69) is 21.0 Å². The second kappa shape index (κ2) is 6.84. The Bertz CT molecular complexity index is 935. The van der Waals surface area contributed by atoms with Crippen LogP contribution < -0.4 is 4.90 Å². The molecule has 5 rings (SSSR count). The van der Waals surface area contributed by atoms with Gasteiger partial charge in [-0.3, -0.25) is 4.68 Å². The lowest BCUT2D eigenvalue weighted by molar-refractivity contribution is 0.398. The first-order chi connectivity index (χ1) is 13.5. The van der Waals surface area contributed by atoms with Crippen LogP contribution in [-0.4, -0.2) is 52.7 Å². The molecule has 28 heavy (non-hydrogen) atoms. The number of fused-ring (bicyclic) bond motifs is 2. The van der Waals surface area contributed by atoms with Crippen molar-refractivity contribution < 1.29 is 8.42 Å². The molecule has 3 aliphatic heterocycles. The summed E-state index contributed by atoms with van der Waals surface area (Å²) >= 11 is 0. The molecular weight excluding hydrogens is 374 g/mol. The van der Waals surface area contributed by atoms with Gasteiger partial charge in [-0.1, -0.05) is 0 Å². The summed E-state index contributed by atoms with van der Waals surface area (Å²) in [5, 5.41) is 4.33. The number of hydrogen-bond acceptors (Lipinski definition) is 5. The summed E-state index contributed by atoms with van der Waals surface area (Å²) in [6.45, 7) is 1.24. The van der Waals surface area contributed by atoms with E-state index in [0.717, 1.165) is 31.5 Å². The first kappa shape index (κ1) is 18.1. The van der Waals surface area contributed by atoms with E-state index >= 15 is 0 Å². The van der Waals surface area contributed by atoms with Crippen LogP contribution in [0.25, 0.3) is 0 Å². The first-order valence-corrected chi connectivity index (χ1v) is 11.7. The molecule has 150 valence electrons. The van der Waals surface area contributed by atoms with Crippen molar-refractivity contribution in [3.8, 4) is 0 Å². The Morgan fingerprint density at radius 1 is 1.04 bits per heavy atom. The van der Waals surface area contributed by atoms with Gasteiger partial charge in [0.15, 0.2) is 0 Å². The third-order valence-electron chi connectivity index (χ3n) is 6.70. The summed E-state index contributed by atoms with van der Waals surface area (Å²) in [7, 11) is -1.38. The van der Waals surface area contributed by atoms with Crippen LogP contribution in [-0.2, 0) is 17.1 Å². The third-order valence-corrected chi connectivity index (χ3v) is 8.58. The number of aryl methyl sites for hydroxylation is 1. The molecule has 0 spiro atoms. The van der Waals surface area contributed by atoms with Crippen LogP contribution in [0.4, 0.5) is 5.82 Å². The molecule has 0 aromatic carbocycles. The lowest BCUT2D eigenvalue weighted by Gasteiger charge is -2.39. The number of hydrogen-bond donors (Lipinski definition) is 0. The molecule has 2 atom stereocenters. The number of pyridine rings is 1. The number of nitrogens with zero attached hydrogens (tertiary/aromatic N) is 5. The second-order valence-electron chi connectivity index (χ2n) is 8.30. The standard InChI is InChI=1S/C20H27N5O2S/c1-23-19(8-9-22-23)15-12-16-4-5-17(13-15)25(16)20-7-6-18(14-21-20)28(26,27)24-10-2-3-11-24/h6-9,14-17H,2-5,10-13H2,1H3. The highest BCUT2D eigenvalue weighted by Crippen LogP contribution is 2.44. The second-order valence-corrected chi connectivity index (χ2v) is 10.2. The average molecular weight is 402 g/mol. The highest BCUT2D eigenvalue weighted by molar-refractivity contribution is 7.89. The van der Waals surface area contributed by atoms with E-state index in [-0.39, 0.29) is 0 Å². The van der Waals surface area contributed by atoms with Crippen molar-refractivity contribution in [2.45, 2.75) is 61.4 Å². The summed E-state index contributed by atoms with van der Waals surface area (Å²) in [4.78, 5) is 7.33. The van der Waals surface area contributed by atoms with Gasteiger partial charge >= 0.3 is 0 Å². The fourth-order valence-corrected chi connectivity index (χ4v) is 6.80. The molecule has 0 amide bonds. The minimum atomic E-state index is -3.40. The zero-order chi connectivity index (χ0) is 19.3. The van der Waals surface area contributed by atoms with E-state index in [1.54, 1.807) is 16.6 Å². The fraction of sp³-hybridized carbons (Fsp3) is 0.600. The highest BCUT2D eigenvalue weighted by Gasteiger charge is 2.42. The van der Waals surface area contributed by atoms with Crippen molar-refractivity contribution in [1.82, 2.24) is 19.1 Å². The Kier molecular flexibility index (Phi) is 4.43. The minimum Gasteiger partial charge on any atom is -0.351 e. The Morgan fingerprint density at radius 2 is 1.75 bits per heavy atom. The van der Waals surface area contributed by atoms with Gasteiger partial charge in [0.1, 0.15) is 10.7 Å². The average Bonchev–Trinajstić information content (AvgIpc) is 3.42. The Morgan fingerprint density at radius 3 is 2.32 bits per heavy atom. The molecule has 5 heterocycles. The Hall–Kier alpha value is -1.93. The summed E-state index contributed by atoms with van der Waals surface area (Å²) in [6.07, 6.45) is 9.87. The van der Waals surface area contributed by atoms with Gasteiger partial charge in [0.2, 0.25) is 10.0 Å². The quantitative estimate of drug-likeness (QED) is 0.787. The van der Waals surface area contributed by atoms with Gasteiger partial charge in [0, 0.05) is 56.2 Å². The van der Waals surface area contributed by atoms with Crippen molar-refractivity contribution in [1.29, 1.82) is 0 Å². The number of aromatic nitrogens is 3. The van der Waals surface area contributed by atoms with Crippen LogP contribution in [0.15, 0.2) is 35.5 Å². The molecule has 3 aliphatic rings. The van der Waals surface area contributed by atoms with Gasteiger partial charge in [0.05, 0.1) is 0 Å². The predicted molar refractivity (Wildman–Crippen MR) is 107 cm³/mol. The normalized spacial score (nSPS) is 28.2. The zero-order valence-corrected chi connectivity index (χ0v) is 17.1. The molecule has 2 unspecified atom stereocenters. The molecule has 0 radical (unpaired) electrons. The molecular formula is C20H27N5O2S. The van der Waals surface area contributed by atoms with E-state index in [4.69, 9.17) is 0 Å². The van der Waals surface area contributed by atoms with E-state index in [1.807, 2.05) is 24.0 Å². The van der Waals surface area contributed by atoms with Gasteiger partial charge < -0.3 is 4.90 Å². The molecule has 2 aromatic rings. The van der Waals surface area contributed by atoms with Gasteiger partial charge in [-0.2, -0.15) is 9.40 Å². The number of rotatable bonds is 4. The van der Waals surface area contributed by atoms with Crippen LogP contribution in [0, 0.1) is 0 Å². The SMILES string of the molecule is Cn1nccc1C1CC2CCC(C1)N2c1ccc(S(=O)(=O)N2CCCC2)cn1. The van der Waals surface area contributed by atoms with Crippen molar-refractivity contribution in [2.75, 3.05) is 18.0 Å². The molecule has 3 saturated heterocycles. The van der Waals surface area contributed by atoms with E-state index in [9.17, 15) is 8.42 Å². The van der Waals surface area contributed by atoms with Crippen LogP contribution in [0.5, 0.6) is 0 Å². The summed E-state index contributed by atoms with van der Waals surface area (Å²) in [5.74, 6) is 1.45. The van der Waals surface area contributed by atoms with Crippen molar-refractivity contribution >= 4 is 15.8 Å². The number of piperidine rings is 1. The van der Waals surface area contributed by atoms with Crippen LogP contribution in [0.2, 0.25) is 0 Å². The van der Waals surface area contributed by atoms with Crippen LogP contribution in [0.3, 0.4) is 0 Å². The minimum absolute atomic E-state index is 0.315. The number of anilines is 1. The van der Waals surface area contributed by atoms with E-state index in [0.29, 0.717) is 36.0 Å². The maximum atomic E-state index is 12.7. The van der Waals surface area contributed by atoms with E-state index in [1.165, 1.54) is 18.5 Å². The van der Waals surface area contributed by atoms with Crippen molar-refractivity contribution in [3.63, 3.8) is 0 Å². The monoisotopic (exact) mass is 401 g/mol. The third kappa shape index (κ3) is 2.93. The molecule has 2 bridgehead atoms. The molecule has 8 heteroatoms. The maximum absolute atomic E-state index is 12.7. The molecule has 7 nitrogen and oxygen atoms in total. The molecule has 0 N–H and O–H groups in total. The summed E-state index contributed by atoms with van der Waals surface area (Å²) < 4.78 is 29.0. The van der Waals surface area contributed by atoms with Crippen molar-refractivity contribution in [2.24, 2.45) is 7.05 Å². The van der Waals surface area contributed by atoms with Gasteiger partial charge in [-0.05, 0) is 56.7 Å². The largest absolute Gasteiger partial charge is 0.351 e. The van der Waals surface area contributed by atoms with Crippen LogP contribution >= 0.6 is 0 Å². The first-order valence-electron chi connectivity index (χ1n) is 10.3. The molecule has 0 aliphatic carbocycles. The smallest absolute Gasteiger partial charge is 0.244 e. The lowest BCUT2D eigenvalue weighted by atomic mass is 9.88. The summed E-state index contributed by atoms with van der Waals surface area (Å²) in [5.41, 5.74) is 1.32. The predicted octanol–water partition coefficient (Wildman–Crippen LogP) is 2.51. The highest BCUT2D eigenvalue weighted by atomic mass is 32.2. The maximum Gasteiger partial charge on any atom is 0.244 e. The topological polar surface area (TPSA) is 71.3 Å². The van der Waals surface area contributed by atoms with Crippen molar-refractivity contribution in [3.05, 3.63) is 36.3 Å². The molecule has 2 aromatic heterocycles. The van der Waals surface area contributed by atoms with Crippen LogP contribution in [0.1, 0.15) is 50.1 Å². The molecule has 3 fully saturated rings. The van der Waals surface area contributed by atoms with Gasteiger partial charge in [-0.25, -0.2) is 13.4 Å².